The van der Waals surface area contributed by atoms with Crippen molar-refractivity contribution in [3.8, 4) is 0 Å². The maximum atomic E-state index is 14.3. The second-order valence-corrected chi connectivity index (χ2v) is 10.7. The number of pyridine rings is 1. The number of para-hydroxylation sites is 1. The molecule has 0 radical (unpaired) electrons. The van der Waals surface area contributed by atoms with Crippen molar-refractivity contribution in [2.24, 2.45) is 0 Å². The van der Waals surface area contributed by atoms with Crippen molar-refractivity contribution in [2.45, 2.75) is 13.3 Å². The summed E-state index contributed by atoms with van der Waals surface area (Å²) in [6, 6.07) is 10.3. The highest BCUT2D eigenvalue weighted by Crippen LogP contribution is 2.34. The molecule has 0 spiro atoms. The van der Waals surface area contributed by atoms with Gasteiger partial charge in [-0.1, -0.05) is 42.2 Å². The molecule has 4 heterocycles. The summed E-state index contributed by atoms with van der Waals surface area (Å²) in [4.78, 5) is 47.9. The van der Waals surface area contributed by atoms with Crippen LogP contribution in [0.3, 0.4) is 0 Å². The molecule has 0 unspecified atom stereocenters. The van der Waals surface area contributed by atoms with Crippen LogP contribution in [0.1, 0.15) is 17.5 Å². The zero-order valence-electron chi connectivity index (χ0n) is 20.5. The highest BCUT2D eigenvalue weighted by molar-refractivity contribution is 8.26. The lowest BCUT2D eigenvalue weighted by molar-refractivity contribution is -0.137. The summed E-state index contributed by atoms with van der Waals surface area (Å²) in [6.07, 6.45) is 2.96. The number of fused-ring (bicyclic) bond motifs is 1. The van der Waals surface area contributed by atoms with E-state index < -0.39 is 11.9 Å². The molecule has 2 saturated heterocycles. The number of halogens is 1. The maximum absolute atomic E-state index is 14.3. The molecule has 1 amide bonds. The van der Waals surface area contributed by atoms with Crippen molar-refractivity contribution >= 4 is 63.4 Å². The Labute approximate surface area is 227 Å². The Kier molecular flexibility index (Phi) is 7.17. The number of amides is 1. The van der Waals surface area contributed by atoms with Gasteiger partial charge in [-0.05, 0) is 36.8 Å². The number of nitrogens with zero attached hydrogens (tertiary/aromatic N) is 5. The van der Waals surface area contributed by atoms with E-state index in [0.29, 0.717) is 43.3 Å². The van der Waals surface area contributed by atoms with Crippen LogP contribution >= 0.6 is 24.0 Å². The van der Waals surface area contributed by atoms with Gasteiger partial charge in [-0.25, -0.2) is 9.37 Å². The van der Waals surface area contributed by atoms with Gasteiger partial charge in [0.25, 0.3) is 11.5 Å². The van der Waals surface area contributed by atoms with Crippen molar-refractivity contribution in [2.75, 3.05) is 42.5 Å². The Hall–Kier alpha value is -3.77. The van der Waals surface area contributed by atoms with Crippen molar-refractivity contribution in [1.82, 2.24) is 14.3 Å². The van der Waals surface area contributed by atoms with Crippen molar-refractivity contribution in [3.63, 3.8) is 0 Å². The highest BCUT2D eigenvalue weighted by atomic mass is 32.2. The van der Waals surface area contributed by atoms with Crippen LogP contribution in [0.2, 0.25) is 0 Å². The first kappa shape index (κ1) is 25.9. The highest BCUT2D eigenvalue weighted by Gasteiger charge is 2.33. The lowest BCUT2D eigenvalue weighted by Gasteiger charge is -2.37. The molecule has 1 N–H and O–H groups in total. The molecule has 0 atom stereocenters. The summed E-state index contributed by atoms with van der Waals surface area (Å²) in [6.45, 7) is 3.84. The zero-order chi connectivity index (χ0) is 27.0. The second kappa shape index (κ2) is 10.5. The van der Waals surface area contributed by atoms with Gasteiger partial charge in [-0.2, -0.15) is 0 Å². The summed E-state index contributed by atoms with van der Waals surface area (Å²) in [7, 11) is 0. The molecule has 0 aliphatic carbocycles. The molecule has 9 nitrogen and oxygen atoms in total. The van der Waals surface area contributed by atoms with E-state index in [2.05, 4.69) is 0 Å². The number of thiocarbonyl (C=S) groups is 1. The standard InChI is InChI=1S/C26H24FN5O4S2/c1-16-6-7-21-28-23(30-12-10-29(11-13-30)19-5-3-2-4-18(19)27)17(24(35)32(21)15-16)14-20-25(36)31(26(37)38-20)9-8-22(33)34/h2-7,14-15H,8-13H2,1H3,(H,33,34)/b20-14+. The van der Waals surface area contributed by atoms with Crippen LogP contribution in [0.5, 0.6) is 0 Å². The van der Waals surface area contributed by atoms with Crippen LogP contribution in [0.25, 0.3) is 11.7 Å². The Balaban J connectivity index is 1.51. The number of carbonyl (C=O) groups is 2. The summed E-state index contributed by atoms with van der Waals surface area (Å²) in [5.74, 6) is -1.33. The molecular weight excluding hydrogens is 529 g/mol. The van der Waals surface area contributed by atoms with E-state index in [1.165, 1.54) is 21.4 Å². The Morgan fingerprint density at radius 2 is 1.84 bits per heavy atom. The molecule has 1 aromatic carbocycles. The van der Waals surface area contributed by atoms with Gasteiger partial charge in [-0.3, -0.25) is 23.7 Å². The molecule has 196 valence electrons. The number of aryl methyl sites for hydroxylation is 1. The molecular formula is C26H24FN5O4S2. The van der Waals surface area contributed by atoms with E-state index in [-0.39, 0.29) is 39.1 Å². The van der Waals surface area contributed by atoms with Crippen molar-refractivity contribution in [1.29, 1.82) is 0 Å². The number of hydrogen-bond donors (Lipinski definition) is 1. The van der Waals surface area contributed by atoms with Gasteiger partial charge >= 0.3 is 5.97 Å². The number of carboxylic acids is 1. The van der Waals surface area contributed by atoms with E-state index >= 15 is 0 Å². The van der Waals surface area contributed by atoms with E-state index in [0.717, 1.165) is 17.3 Å². The Bertz CT molecular complexity index is 1550. The van der Waals surface area contributed by atoms with Crippen LogP contribution in [0, 0.1) is 12.7 Å². The fourth-order valence-corrected chi connectivity index (χ4v) is 5.80. The zero-order valence-corrected chi connectivity index (χ0v) is 22.1. The minimum absolute atomic E-state index is 0.0453. The third-order valence-electron chi connectivity index (χ3n) is 6.46. The number of rotatable bonds is 6. The monoisotopic (exact) mass is 553 g/mol. The minimum Gasteiger partial charge on any atom is -0.481 e. The van der Waals surface area contributed by atoms with Gasteiger partial charge in [-0.15, -0.1) is 0 Å². The van der Waals surface area contributed by atoms with E-state index in [1.807, 2.05) is 22.8 Å². The van der Waals surface area contributed by atoms with Gasteiger partial charge in [0.15, 0.2) is 0 Å². The van der Waals surface area contributed by atoms with E-state index in [1.54, 1.807) is 30.5 Å². The average molecular weight is 554 g/mol. The second-order valence-electron chi connectivity index (χ2n) is 8.99. The Morgan fingerprint density at radius 3 is 2.55 bits per heavy atom. The minimum atomic E-state index is -1.04. The van der Waals surface area contributed by atoms with Crippen LogP contribution in [0.4, 0.5) is 15.9 Å². The molecule has 2 aliphatic heterocycles. The predicted octanol–water partition coefficient (Wildman–Crippen LogP) is 3.14. The molecule has 3 aromatic rings. The topological polar surface area (TPSA) is 98.5 Å². The maximum Gasteiger partial charge on any atom is 0.305 e. The number of carboxylic acid groups (broad SMARTS) is 1. The lowest BCUT2D eigenvalue weighted by Crippen LogP contribution is -2.47. The predicted molar refractivity (Wildman–Crippen MR) is 149 cm³/mol. The van der Waals surface area contributed by atoms with Gasteiger partial charge in [0.2, 0.25) is 0 Å². The Morgan fingerprint density at radius 1 is 1.13 bits per heavy atom. The van der Waals surface area contributed by atoms with Crippen molar-refractivity contribution < 1.29 is 19.1 Å². The van der Waals surface area contributed by atoms with Crippen molar-refractivity contribution in [3.05, 3.63) is 74.8 Å². The molecule has 2 fully saturated rings. The molecule has 0 saturated carbocycles. The first-order valence-corrected chi connectivity index (χ1v) is 13.2. The summed E-state index contributed by atoms with van der Waals surface area (Å²) >= 11 is 6.34. The molecule has 38 heavy (non-hydrogen) atoms. The third kappa shape index (κ3) is 5.01. The lowest BCUT2D eigenvalue weighted by atomic mass is 10.2. The number of aliphatic carboxylic acids is 1. The first-order valence-electron chi connectivity index (χ1n) is 12.0. The van der Waals surface area contributed by atoms with Gasteiger partial charge in [0.1, 0.15) is 21.6 Å². The molecule has 0 bridgehead atoms. The van der Waals surface area contributed by atoms with Crippen LogP contribution < -0.4 is 15.4 Å². The fraction of sp³-hybridized carbons (Fsp3) is 0.269. The number of thioether (sulfide) groups is 1. The normalized spacial score (nSPS) is 17.2. The third-order valence-corrected chi connectivity index (χ3v) is 7.83. The van der Waals surface area contributed by atoms with Gasteiger partial charge < -0.3 is 14.9 Å². The largest absolute Gasteiger partial charge is 0.481 e. The molecule has 12 heteroatoms. The average Bonchev–Trinajstić information content (AvgIpc) is 3.16. The fourth-order valence-electron chi connectivity index (χ4n) is 4.51. The van der Waals surface area contributed by atoms with E-state index in [9.17, 15) is 18.8 Å². The van der Waals surface area contributed by atoms with Crippen LogP contribution in [0.15, 0.2) is 52.3 Å². The van der Waals surface area contributed by atoms with Gasteiger partial charge in [0.05, 0.1) is 22.6 Å². The quantitative estimate of drug-likeness (QED) is 0.365. The number of anilines is 2. The van der Waals surface area contributed by atoms with Crippen LogP contribution in [-0.2, 0) is 9.59 Å². The summed E-state index contributed by atoms with van der Waals surface area (Å²) in [5.41, 5.74) is 1.78. The number of hydrogen-bond acceptors (Lipinski definition) is 8. The summed E-state index contributed by atoms with van der Waals surface area (Å²) < 4.78 is 16.0. The smallest absolute Gasteiger partial charge is 0.305 e. The SMILES string of the molecule is Cc1ccc2nc(N3CCN(c4ccccc4F)CC3)c(/C=C3/SC(=S)N(CCC(=O)O)C3=O)c(=O)n2c1. The summed E-state index contributed by atoms with van der Waals surface area (Å²) in [5, 5.41) is 9.01. The number of benzene rings is 1. The molecule has 5 rings (SSSR count). The first-order chi connectivity index (χ1) is 18.2. The van der Waals surface area contributed by atoms with Gasteiger partial charge in [0, 0.05) is 38.9 Å². The van der Waals surface area contributed by atoms with Crippen LogP contribution in [-0.4, -0.2) is 68.3 Å². The molecule has 2 aliphatic rings. The number of carbonyl (C=O) groups excluding carboxylic acids is 1. The number of piperazine rings is 1. The molecule has 2 aromatic heterocycles. The van der Waals surface area contributed by atoms with E-state index in [4.69, 9.17) is 22.3 Å². The number of aromatic nitrogens is 2.